The van der Waals surface area contributed by atoms with Crippen LogP contribution in [0.4, 0.5) is 0 Å². The van der Waals surface area contributed by atoms with Gasteiger partial charge in [0.05, 0.1) is 6.54 Å². The zero-order chi connectivity index (χ0) is 17.1. The summed E-state index contributed by atoms with van der Waals surface area (Å²) in [5, 5.41) is 6.46. The number of carbonyl (C=O) groups is 1. The summed E-state index contributed by atoms with van der Waals surface area (Å²) >= 11 is 0. The summed E-state index contributed by atoms with van der Waals surface area (Å²) in [5.41, 5.74) is 0. The minimum absolute atomic E-state index is 0.0317. The van der Waals surface area contributed by atoms with Gasteiger partial charge in [-0.25, -0.2) is 4.99 Å². The summed E-state index contributed by atoms with van der Waals surface area (Å²) in [6.45, 7) is 5.42. The quantitative estimate of drug-likeness (QED) is 0.433. The van der Waals surface area contributed by atoms with Crippen LogP contribution in [0.15, 0.2) is 35.3 Å². The van der Waals surface area contributed by atoms with Crippen LogP contribution in [0.25, 0.3) is 0 Å². The Morgan fingerprint density at radius 2 is 2.00 bits per heavy atom. The normalized spacial score (nSPS) is 12.4. The Morgan fingerprint density at radius 1 is 1.30 bits per heavy atom. The van der Waals surface area contributed by atoms with E-state index in [0.29, 0.717) is 19.1 Å². The number of carbonyl (C=O) groups excluding carboxylic acids is 1. The molecule has 23 heavy (non-hydrogen) atoms. The van der Waals surface area contributed by atoms with Crippen LogP contribution in [-0.2, 0) is 4.79 Å². The molecule has 0 fully saturated rings. The van der Waals surface area contributed by atoms with Crippen LogP contribution in [0.2, 0.25) is 0 Å². The summed E-state index contributed by atoms with van der Waals surface area (Å²) < 4.78 is 5.63. The summed E-state index contributed by atoms with van der Waals surface area (Å²) in [6, 6.07) is 9.95. The molecule has 2 N–H and O–H groups in total. The van der Waals surface area contributed by atoms with Crippen LogP contribution in [-0.4, -0.2) is 56.6 Å². The smallest absolute Gasteiger partial charge is 0.243 e. The number of hydrogen-bond donors (Lipinski definition) is 2. The lowest BCUT2D eigenvalue weighted by atomic mass is 10.3. The van der Waals surface area contributed by atoms with Gasteiger partial charge < -0.3 is 20.3 Å². The number of benzene rings is 1. The number of aliphatic imine (C=N–C) groups is 1. The molecule has 1 aromatic rings. The van der Waals surface area contributed by atoms with Gasteiger partial charge in [-0.05, 0) is 25.5 Å². The maximum absolute atomic E-state index is 11.7. The summed E-state index contributed by atoms with van der Waals surface area (Å²) in [4.78, 5) is 17.5. The van der Waals surface area contributed by atoms with Crippen molar-refractivity contribution in [2.24, 2.45) is 4.99 Å². The largest absolute Gasteiger partial charge is 0.492 e. The van der Waals surface area contributed by atoms with Crippen molar-refractivity contribution in [3.05, 3.63) is 30.3 Å². The van der Waals surface area contributed by atoms with Gasteiger partial charge in [0.2, 0.25) is 5.91 Å². The van der Waals surface area contributed by atoms with Crippen molar-refractivity contribution < 1.29 is 9.53 Å². The van der Waals surface area contributed by atoms with E-state index in [1.807, 2.05) is 30.3 Å². The molecule has 0 radical (unpaired) electrons. The lowest BCUT2D eigenvalue weighted by molar-refractivity contribution is -0.127. The van der Waals surface area contributed by atoms with Crippen LogP contribution < -0.4 is 15.4 Å². The predicted molar refractivity (Wildman–Crippen MR) is 93.8 cm³/mol. The fraction of sp³-hybridized carbons (Fsp3) is 0.529. The van der Waals surface area contributed by atoms with Crippen molar-refractivity contribution >= 4 is 11.9 Å². The Kier molecular flexibility index (Phi) is 8.57. The first-order chi connectivity index (χ1) is 11.0. The van der Waals surface area contributed by atoms with Crippen molar-refractivity contribution in [1.82, 2.24) is 15.5 Å². The van der Waals surface area contributed by atoms with E-state index >= 15 is 0 Å². The van der Waals surface area contributed by atoms with Gasteiger partial charge >= 0.3 is 0 Å². The first-order valence-corrected chi connectivity index (χ1v) is 7.95. The maximum atomic E-state index is 11.7. The van der Waals surface area contributed by atoms with E-state index in [1.54, 1.807) is 14.1 Å². The fourth-order valence-electron chi connectivity index (χ4n) is 1.63. The summed E-state index contributed by atoms with van der Waals surface area (Å²) in [7, 11) is 3.45. The number of nitrogens with one attached hydrogen (secondary N) is 2. The fourth-order valence-corrected chi connectivity index (χ4v) is 1.63. The number of guanidine groups is 1. The number of ether oxygens (including phenoxy) is 1. The number of hydrogen-bond acceptors (Lipinski definition) is 3. The molecule has 0 aromatic heterocycles. The lowest BCUT2D eigenvalue weighted by Crippen LogP contribution is -2.44. The molecule has 1 atom stereocenters. The van der Waals surface area contributed by atoms with Crippen LogP contribution in [0.5, 0.6) is 5.75 Å². The van der Waals surface area contributed by atoms with Crippen LogP contribution in [0, 0.1) is 0 Å². The Hall–Kier alpha value is -2.24. The number of rotatable bonds is 8. The molecule has 0 bridgehead atoms. The molecule has 0 aliphatic rings. The molecule has 0 saturated heterocycles. The van der Waals surface area contributed by atoms with Crippen LogP contribution >= 0.6 is 0 Å². The third-order valence-electron chi connectivity index (χ3n) is 3.27. The van der Waals surface area contributed by atoms with E-state index in [4.69, 9.17) is 4.74 Å². The Bertz CT molecular complexity index is 489. The first kappa shape index (κ1) is 18.8. The second-order valence-corrected chi connectivity index (χ2v) is 5.49. The SMILES string of the molecule is CCC(C)NC(=NCC(=O)N(C)C)NCCOc1ccccc1. The molecule has 128 valence electrons. The molecule has 0 spiro atoms. The number of likely N-dealkylation sites (N-methyl/N-ethyl adjacent to an activating group) is 1. The average Bonchev–Trinajstić information content (AvgIpc) is 2.56. The van der Waals surface area contributed by atoms with E-state index in [9.17, 15) is 4.79 Å². The first-order valence-electron chi connectivity index (χ1n) is 7.95. The van der Waals surface area contributed by atoms with Crippen molar-refractivity contribution in [3.8, 4) is 5.75 Å². The molecule has 1 unspecified atom stereocenters. The second kappa shape index (κ2) is 10.5. The third-order valence-corrected chi connectivity index (χ3v) is 3.27. The highest BCUT2D eigenvalue weighted by molar-refractivity contribution is 5.84. The van der Waals surface area contributed by atoms with Crippen molar-refractivity contribution in [3.63, 3.8) is 0 Å². The zero-order valence-corrected chi connectivity index (χ0v) is 14.5. The second-order valence-electron chi connectivity index (χ2n) is 5.49. The summed E-state index contributed by atoms with van der Waals surface area (Å²) in [6.07, 6.45) is 0.975. The van der Waals surface area contributed by atoms with Crippen LogP contribution in [0.3, 0.4) is 0 Å². The van der Waals surface area contributed by atoms with Gasteiger partial charge in [-0.2, -0.15) is 0 Å². The van der Waals surface area contributed by atoms with E-state index in [0.717, 1.165) is 12.2 Å². The van der Waals surface area contributed by atoms with Gasteiger partial charge in [-0.3, -0.25) is 4.79 Å². The third kappa shape index (κ3) is 8.09. The van der Waals surface area contributed by atoms with Gasteiger partial charge in [-0.1, -0.05) is 25.1 Å². The van der Waals surface area contributed by atoms with Gasteiger partial charge in [0, 0.05) is 20.1 Å². The van der Waals surface area contributed by atoms with Gasteiger partial charge in [0.25, 0.3) is 0 Å². The number of nitrogens with zero attached hydrogens (tertiary/aromatic N) is 2. The topological polar surface area (TPSA) is 66.0 Å². The minimum Gasteiger partial charge on any atom is -0.492 e. The highest BCUT2D eigenvalue weighted by Gasteiger charge is 2.06. The monoisotopic (exact) mass is 320 g/mol. The zero-order valence-electron chi connectivity index (χ0n) is 14.5. The highest BCUT2D eigenvalue weighted by atomic mass is 16.5. The number of para-hydroxylation sites is 1. The lowest BCUT2D eigenvalue weighted by Gasteiger charge is -2.17. The Balaban J connectivity index is 2.45. The van der Waals surface area contributed by atoms with Gasteiger partial charge in [0.15, 0.2) is 5.96 Å². The Labute approximate surface area is 138 Å². The van der Waals surface area contributed by atoms with E-state index in [2.05, 4.69) is 29.5 Å². The van der Waals surface area contributed by atoms with E-state index in [-0.39, 0.29) is 18.5 Å². The molecule has 1 amide bonds. The molecule has 0 aliphatic carbocycles. The van der Waals surface area contributed by atoms with E-state index in [1.165, 1.54) is 4.90 Å². The van der Waals surface area contributed by atoms with Crippen molar-refractivity contribution in [2.45, 2.75) is 26.3 Å². The molecule has 1 aromatic carbocycles. The van der Waals surface area contributed by atoms with Crippen molar-refractivity contribution in [2.75, 3.05) is 33.8 Å². The molecule has 0 saturated carbocycles. The van der Waals surface area contributed by atoms with E-state index < -0.39 is 0 Å². The molecule has 1 rings (SSSR count). The Morgan fingerprint density at radius 3 is 2.61 bits per heavy atom. The number of amides is 1. The molecule has 0 aliphatic heterocycles. The average molecular weight is 320 g/mol. The molecule has 0 heterocycles. The molecular weight excluding hydrogens is 292 g/mol. The van der Waals surface area contributed by atoms with Gasteiger partial charge in [0.1, 0.15) is 18.9 Å². The molecular formula is C17H28N4O2. The predicted octanol–water partition coefficient (Wildman–Crippen LogP) is 1.49. The molecule has 6 heteroatoms. The van der Waals surface area contributed by atoms with Gasteiger partial charge in [-0.15, -0.1) is 0 Å². The minimum atomic E-state index is -0.0317. The van der Waals surface area contributed by atoms with Crippen molar-refractivity contribution in [1.29, 1.82) is 0 Å². The highest BCUT2D eigenvalue weighted by Crippen LogP contribution is 2.07. The maximum Gasteiger partial charge on any atom is 0.243 e. The molecule has 6 nitrogen and oxygen atoms in total. The van der Waals surface area contributed by atoms with Crippen LogP contribution in [0.1, 0.15) is 20.3 Å². The summed E-state index contributed by atoms with van der Waals surface area (Å²) in [5.74, 6) is 1.44. The standard InChI is InChI=1S/C17H28N4O2/c1-5-14(2)20-17(19-13-16(22)21(3)4)18-11-12-23-15-9-7-6-8-10-15/h6-10,14H,5,11-13H2,1-4H3,(H2,18,19,20).